The smallest absolute Gasteiger partial charge is 0.186 e. The van der Waals surface area contributed by atoms with Crippen molar-refractivity contribution in [3.63, 3.8) is 0 Å². The van der Waals surface area contributed by atoms with Crippen molar-refractivity contribution in [3.8, 4) is 5.75 Å². The van der Waals surface area contributed by atoms with Crippen molar-refractivity contribution >= 4 is 33.8 Å². The van der Waals surface area contributed by atoms with Crippen molar-refractivity contribution in [2.24, 2.45) is 5.73 Å². The zero-order valence-corrected chi connectivity index (χ0v) is 14.2. The fraction of sp³-hybridized carbons (Fsp3) is 0.467. The maximum Gasteiger partial charge on any atom is 0.186 e. The Morgan fingerprint density at radius 1 is 1.10 bits per heavy atom. The van der Waals surface area contributed by atoms with Gasteiger partial charge in [0.15, 0.2) is 10.2 Å². The number of nitrogens with two attached hydrogens (primary N) is 1. The summed E-state index contributed by atoms with van der Waals surface area (Å²) in [6, 6.07) is 3.98. The first kappa shape index (κ1) is 18.1. The number of ether oxygens (including phenoxy) is 1. The number of benzene rings is 1. The molecule has 1 aromatic rings. The Hall–Kier alpha value is -0.980. The molecule has 116 valence electrons. The molecule has 0 aliphatic rings. The first-order valence-corrected chi connectivity index (χ1v) is 8.63. The number of hydrogen-bond donors (Lipinski definition) is 1. The van der Waals surface area contributed by atoms with E-state index in [0.717, 1.165) is 22.4 Å². The van der Waals surface area contributed by atoms with Crippen LogP contribution in [0.5, 0.6) is 5.75 Å². The minimum Gasteiger partial charge on any atom is -0.492 e. The molecule has 6 heteroatoms. The molecule has 0 aromatic heterocycles. The Bertz CT molecular complexity index is 518. The van der Waals surface area contributed by atoms with Crippen molar-refractivity contribution in [1.29, 1.82) is 0 Å². The van der Waals surface area contributed by atoms with E-state index in [1.165, 1.54) is 23.5 Å². The van der Waals surface area contributed by atoms with E-state index in [9.17, 15) is 9.59 Å². The molecule has 0 aliphatic heterocycles. The lowest BCUT2D eigenvalue weighted by molar-refractivity contribution is -0.109. The summed E-state index contributed by atoms with van der Waals surface area (Å²) in [4.78, 5) is 22.3. The monoisotopic (exact) mass is 327 g/mol. The Morgan fingerprint density at radius 3 is 2.10 bits per heavy atom. The van der Waals surface area contributed by atoms with Crippen LogP contribution < -0.4 is 10.5 Å². The molecule has 0 saturated heterocycles. The van der Waals surface area contributed by atoms with Crippen LogP contribution in [0.25, 0.3) is 0 Å². The Labute approximate surface area is 134 Å². The Kier molecular flexibility index (Phi) is 7.85. The molecule has 0 unspecified atom stereocenters. The summed E-state index contributed by atoms with van der Waals surface area (Å²) >= 11 is 2.53. The van der Waals surface area contributed by atoms with Crippen molar-refractivity contribution < 1.29 is 14.3 Å². The minimum absolute atomic E-state index is 0.0742. The highest BCUT2D eigenvalue weighted by atomic mass is 32.2. The molecule has 0 spiro atoms. The zero-order valence-electron chi connectivity index (χ0n) is 12.6. The average Bonchev–Trinajstić information content (AvgIpc) is 2.42. The molecule has 2 N–H and O–H groups in total. The lowest BCUT2D eigenvalue weighted by Gasteiger charge is -2.14. The maximum absolute atomic E-state index is 11.2. The van der Waals surface area contributed by atoms with Crippen LogP contribution in [0.2, 0.25) is 0 Å². The van der Waals surface area contributed by atoms with Gasteiger partial charge in [-0.1, -0.05) is 29.6 Å². The predicted molar refractivity (Wildman–Crippen MR) is 89.7 cm³/mol. The van der Waals surface area contributed by atoms with Gasteiger partial charge in [-0.2, -0.15) is 0 Å². The number of rotatable bonds is 7. The highest BCUT2D eigenvalue weighted by Crippen LogP contribution is 2.29. The molecule has 0 saturated carbocycles. The van der Waals surface area contributed by atoms with Crippen molar-refractivity contribution in [1.82, 2.24) is 0 Å². The second-order valence-electron chi connectivity index (χ2n) is 4.58. The third-order valence-electron chi connectivity index (χ3n) is 2.73. The van der Waals surface area contributed by atoms with Gasteiger partial charge in [0.25, 0.3) is 0 Å². The molecule has 4 nitrogen and oxygen atoms in total. The molecular weight excluding hydrogens is 306 g/mol. The molecule has 0 radical (unpaired) electrons. The van der Waals surface area contributed by atoms with E-state index < -0.39 is 0 Å². The highest BCUT2D eigenvalue weighted by Gasteiger charge is 2.11. The summed E-state index contributed by atoms with van der Waals surface area (Å²) in [5.41, 5.74) is 8.57. The van der Waals surface area contributed by atoms with Gasteiger partial charge in [-0.15, -0.1) is 0 Å². The first-order valence-electron chi connectivity index (χ1n) is 6.66. The molecule has 0 heterocycles. The quantitative estimate of drug-likeness (QED) is 0.830. The summed E-state index contributed by atoms with van der Waals surface area (Å²) in [5, 5.41) is 0.159. The predicted octanol–water partition coefficient (Wildman–Crippen LogP) is 2.89. The lowest BCUT2D eigenvalue weighted by atomic mass is 10.1. The first-order chi connectivity index (χ1) is 9.93. The van der Waals surface area contributed by atoms with Crippen LogP contribution in [-0.4, -0.2) is 23.4 Å². The van der Waals surface area contributed by atoms with Gasteiger partial charge in [0, 0.05) is 31.9 Å². The fourth-order valence-electron chi connectivity index (χ4n) is 1.74. The van der Waals surface area contributed by atoms with Gasteiger partial charge >= 0.3 is 0 Å². The topological polar surface area (TPSA) is 69.4 Å². The van der Waals surface area contributed by atoms with Gasteiger partial charge in [-0.3, -0.25) is 9.59 Å². The van der Waals surface area contributed by atoms with Crippen molar-refractivity contribution in [2.75, 3.05) is 13.2 Å². The number of carbonyl (C=O) groups is 2. The van der Waals surface area contributed by atoms with Gasteiger partial charge < -0.3 is 10.5 Å². The third kappa shape index (κ3) is 6.54. The van der Waals surface area contributed by atoms with Crippen LogP contribution in [-0.2, 0) is 21.1 Å². The minimum atomic E-state index is 0.0742. The molecular formula is C15H21NO3S2. The molecule has 0 fully saturated rings. The molecule has 21 heavy (non-hydrogen) atoms. The van der Waals surface area contributed by atoms with E-state index in [4.69, 9.17) is 10.5 Å². The fourth-order valence-corrected chi connectivity index (χ4v) is 3.00. The van der Waals surface area contributed by atoms with Gasteiger partial charge in [-0.25, -0.2) is 0 Å². The summed E-state index contributed by atoms with van der Waals surface area (Å²) < 4.78 is 5.62. The Morgan fingerprint density at radius 2 is 1.62 bits per heavy atom. The van der Waals surface area contributed by atoms with Crippen LogP contribution in [0.4, 0.5) is 0 Å². The number of hydrogen-bond acceptors (Lipinski definition) is 6. The van der Waals surface area contributed by atoms with Crippen molar-refractivity contribution in [2.45, 2.75) is 32.3 Å². The summed E-state index contributed by atoms with van der Waals surface area (Å²) in [6.07, 6.45) is 0. The summed E-state index contributed by atoms with van der Waals surface area (Å²) in [6.45, 7) is 5.99. The number of carbonyl (C=O) groups excluding carboxylic acids is 2. The van der Waals surface area contributed by atoms with Gasteiger partial charge in [0.2, 0.25) is 0 Å². The SMILES string of the molecule is CC(=O)SCc1cc(C)c(OCCN)cc1CSC(C)=O. The summed E-state index contributed by atoms with van der Waals surface area (Å²) in [7, 11) is 0. The summed E-state index contributed by atoms with van der Waals surface area (Å²) in [5.74, 6) is 1.99. The molecule has 1 aromatic carbocycles. The van der Waals surface area contributed by atoms with E-state index in [2.05, 4.69) is 0 Å². The average molecular weight is 327 g/mol. The van der Waals surface area contributed by atoms with Crippen LogP contribution in [0.1, 0.15) is 30.5 Å². The van der Waals surface area contributed by atoms with Gasteiger partial charge in [0.05, 0.1) is 0 Å². The molecule has 0 aliphatic carbocycles. The van der Waals surface area contributed by atoms with Crippen LogP contribution >= 0.6 is 23.5 Å². The van der Waals surface area contributed by atoms with E-state index in [0.29, 0.717) is 24.7 Å². The molecule has 0 atom stereocenters. The number of aryl methyl sites for hydroxylation is 1. The van der Waals surface area contributed by atoms with Crippen LogP contribution in [0.15, 0.2) is 12.1 Å². The molecule has 1 rings (SSSR count). The van der Waals surface area contributed by atoms with E-state index in [1.54, 1.807) is 13.8 Å². The van der Waals surface area contributed by atoms with Gasteiger partial charge in [-0.05, 0) is 29.7 Å². The Balaban J connectivity index is 2.99. The van der Waals surface area contributed by atoms with E-state index in [-0.39, 0.29) is 10.2 Å². The second-order valence-corrected chi connectivity index (χ2v) is 6.89. The molecule has 0 amide bonds. The molecule has 0 bridgehead atoms. The van der Waals surface area contributed by atoms with Gasteiger partial charge in [0.1, 0.15) is 12.4 Å². The van der Waals surface area contributed by atoms with E-state index >= 15 is 0 Å². The largest absolute Gasteiger partial charge is 0.492 e. The lowest BCUT2D eigenvalue weighted by Crippen LogP contribution is -2.11. The van der Waals surface area contributed by atoms with Crippen LogP contribution in [0, 0.1) is 6.92 Å². The van der Waals surface area contributed by atoms with E-state index in [1.807, 2.05) is 19.1 Å². The normalized spacial score (nSPS) is 10.5. The maximum atomic E-state index is 11.2. The van der Waals surface area contributed by atoms with Crippen molar-refractivity contribution in [3.05, 3.63) is 28.8 Å². The highest BCUT2D eigenvalue weighted by molar-refractivity contribution is 8.13. The van der Waals surface area contributed by atoms with Crippen LogP contribution in [0.3, 0.4) is 0 Å². The standard InChI is InChI=1S/C15H21NO3S2/c1-10-6-13(8-20-11(2)17)14(9-21-12(3)18)7-15(10)19-5-4-16/h6-7H,4-5,8-9,16H2,1-3H3. The third-order valence-corrected chi connectivity index (χ3v) is 4.46. The second kappa shape index (κ2) is 9.12. The zero-order chi connectivity index (χ0) is 15.8. The number of thioether (sulfide) groups is 2.